The maximum Gasteiger partial charge on any atom is 0.411 e. The summed E-state index contributed by atoms with van der Waals surface area (Å²) in [6.45, 7) is 5.04. The van der Waals surface area contributed by atoms with E-state index in [0.717, 1.165) is 4.90 Å². The topological polar surface area (TPSA) is 66.8 Å². The number of ether oxygens (including phenoxy) is 1. The third kappa shape index (κ3) is 2.86. The van der Waals surface area contributed by atoms with Gasteiger partial charge in [0.2, 0.25) is 5.92 Å². The molecule has 1 heterocycles. The molecule has 2 fully saturated rings. The average molecular weight is 291 g/mol. The number of hydrogen-bond donors (Lipinski definition) is 1. The van der Waals surface area contributed by atoms with Crippen LogP contribution in [0, 0.1) is 11.8 Å². The van der Waals surface area contributed by atoms with Gasteiger partial charge in [-0.3, -0.25) is 4.90 Å². The van der Waals surface area contributed by atoms with Crippen LogP contribution in [0.25, 0.3) is 0 Å². The highest BCUT2D eigenvalue weighted by Crippen LogP contribution is 2.49. The van der Waals surface area contributed by atoms with E-state index in [9.17, 15) is 23.5 Å². The number of carboxylic acid groups (broad SMARTS) is 1. The first kappa shape index (κ1) is 15.0. The second-order valence-electron chi connectivity index (χ2n) is 6.60. The molecule has 114 valence electrons. The number of carbonyl (C=O) groups is 2. The molecule has 1 aliphatic carbocycles. The SMILES string of the molecule is CC(C)(C)OC(=O)N1C[C@H]2CC(F)(F)C[C@H]2C1C(=O)O. The molecule has 2 rings (SSSR count). The molecule has 1 unspecified atom stereocenters. The van der Waals surface area contributed by atoms with Crippen LogP contribution in [0.3, 0.4) is 0 Å². The van der Waals surface area contributed by atoms with Crippen molar-refractivity contribution in [2.24, 2.45) is 11.8 Å². The van der Waals surface area contributed by atoms with Crippen LogP contribution in [0.4, 0.5) is 13.6 Å². The van der Waals surface area contributed by atoms with Crippen LogP contribution in [-0.2, 0) is 9.53 Å². The summed E-state index contributed by atoms with van der Waals surface area (Å²) < 4.78 is 31.9. The minimum atomic E-state index is -2.83. The number of halogens is 2. The standard InChI is InChI=1S/C13H19F2NO4/c1-12(2,3)20-11(19)16-6-7-4-13(14,15)5-8(7)9(16)10(17)18/h7-9H,4-6H2,1-3H3,(H,17,18)/t7-,8-,9?/m1/s1. The predicted molar refractivity (Wildman–Crippen MR) is 65.5 cm³/mol. The molecular weight excluding hydrogens is 272 g/mol. The van der Waals surface area contributed by atoms with Crippen LogP contribution >= 0.6 is 0 Å². The monoisotopic (exact) mass is 291 g/mol. The minimum absolute atomic E-state index is 0.0200. The molecule has 2 aliphatic rings. The molecule has 3 atom stereocenters. The largest absolute Gasteiger partial charge is 0.480 e. The Morgan fingerprint density at radius 1 is 1.30 bits per heavy atom. The van der Waals surface area contributed by atoms with Crippen LogP contribution in [0.1, 0.15) is 33.6 Å². The van der Waals surface area contributed by atoms with Gasteiger partial charge in [0.15, 0.2) is 0 Å². The van der Waals surface area contributed by atoms with Gasteiger partial charge in [0.1, 0.15) is 11.6 Å². The minimum Gasteiger partial charge on any atom is -0.480 e. The third-order valence-corrected chi connectivity index (χ3v) is 3.75. The van der Waals surface area contributed by atoms with Crippen molar-refractivity contribution in [1.82, 2.24) is 4.90 Å². The number of alkyl halides is 2. The molecule has 0 bridgehead atoms. The van der Waals surface area contributed by atoms with Crippen molar-refractivity contribution >= 4 is 12.1 Å². The fourth-order valence-corrected chi connectivity index (χ4v) is 3.12. The lowest BCUT2D eigenvalue weighted by Gasteiger charge is -2.28. The summed E-state index contributed by atoms with van der Waals surface area (Å²) in [6.07, 6.45) is -1.59. The van der Waals surface area contributed by atoms with E-state index < -0.39 is 47.9 Å². The summed E-state index contributed by atoms with van der Waals surface area (Å²) in [4.78, 5) is 24.4. The summed E-state index contributed by atoms with van der Waals surface area (Å²) in [5.41, 5.74) is -0.748. The number of carbonyl (C=O) groups excluding carboxylic acids is 1. The molecular formula is C13H19F2NO4. The molecule has 0 aromatic rings. The molecule has 0 spiro atoms. The van der Waals surface area contributed by atoms with Crippen molar-refractivity contribution in [3.8, 4) is 0 Å². The molecule has 0 aromatic heterocycles. The molecule has 1 saturated heterocycles. The van der Waals surface area contributed by atoms with Gasteiger partial charge in [-0.1, -0.05) is 0 Å². The van der Waals surface area contributed by atoms with Gasteiger partial charge >= 0.3 is 12.1 Å². The predicted octanol–water partition coefficient (Wildman–Crippen LogP) is 2.35. The Labute approximate surface area is 115 Å². The van der Waals surface area contributed by atoms with Crippen molar-refractivity contribution < 1.29 is 28.2 Å². The summed E-state index contributed by atoms with van der Waals surface area (Å²) in [7, 11) is 0. The lowest BCUT2D eigenvalue weighted by atomic mass is 9.94. The van der Waals surface area contributed by atoms with Gasteiger partial charge in [0.25, 0.3) is 0 Å². The maximum atomic E-state index is 13.4. The van der Waals surface area contributed by atoms with Crippen molar-refractivity contribution in [3.05, 3.63) is 0 Å². The number of fused-ring (bicyclic) bond motifs is 1. The second-order valence-corrected chi connectivity index (χ2v) is 6.60. The molecule has 20 heavy (non-hydrogen) atoms. The third-order valence-electron chi connectivity index (χ3n) is 3.75. The van der Waals surface area contributed by atoms with E-state index in [4.69, 9.17) is 4.74 Å². The van der Waals surface area contributed by atoms with E-state index in [0.29, 0.717) is 0 Å². The fraction of sp³-hybridized carbons (Fsp3) is 0.846. The Kier molecular flexibility index (Phi) is 3.42. The van der Waals surface area contributed by atoms with E-state index in [2.05, 4.69) is 0 Å². The Balaban J connectivity index is 2.16. The number of amides is 1. The lowest BCUT2D eigenvalue weighted by molar-refractivity contribution is -0.143. The van der Waals surface area contributed by atoms with Crippen LogP contribution in [-0.4, -0.2) is 46.2 Å². The molecule has 1 amide bonds. The van der Waals surface area contributed by atoms with Gasteiger partial charge < -0.3 is 9.84 Å². The van der Waals surface area contributed by atoms with Crippen molar-refractivity contribution in [1.29, 1.82) is 0 Å². The summed E-state index contributed by atoms with van der Waals surface area (Å²) >= 11 is 0. The molecule has 1 aliphatic heterocycles. The van der Waals surface area contributed by atoms with E-state index in [-0.39, 0.29) is 13.0 Å². The van der Waals surface area contributed by atoms with Crippen LogP contribution in [0.2, 0.25) is 0 Å². The smallest absolute Gasteiger partial charge is 0.411 e. The van der Waals surface area contributed by atoms with Crippen LogP contribution < -0.4 is 0 Å². The zero-order valence-electron chi connectivity index (χ0n) is 11.7. The zero-order valence-corrected chi connectivity index (χ0v) is 11.7. The highest BCUT2D eigenvalue weighted by Gasteiger charge is 2.58. The number of hydrogen-bond acceptors (Lipinski definition) is 3. The molecule has 5 nitrogen and oxygen atoms in total. The highest BCUT2D eigenvalue weighted by atomic mass is 19.3. The van der Waals surface area contributed by atoms with E-state index in [1.54, 1.807) is 20.8 Å². The Bertz CT molecular complexity index is 433. The van der Waals surface area contributed by atoms with Gasteiger partial charge in [-0.25, -0.2) is 18.4 Å². The van der Waals surface area contributed by atoms with E-state index >= 15 is 0 Å². The van der Waals surface area contributed by atoms with Crippen molar-refractivity contribution in [3.63, 3.8) is 0 Å². The lowest BCUT2D eigenvalue weighted by Crippen LogP contribution is -2.46. The highest BCUT2D eigenvalue weighted by molar-refractivity contribution is 5.81. The number of likely N-dealkylation sites (tertiary alicyclic amines) is 1. The number of aliphatic carboxylic acids is 1. The molecule has 1 N–H and O–H groups in total. The summed E-state index contributed by atoms with van der Waals surface area (Å²) in [5.74, 6) is -5.25. The fourth-order valence-electron chi connectivity index (χ4n) is 3.12. The van der Waals surface area contributed by atoms with Gasteiger partial charge in [0, 0.05) is 25.3 Å². The summed E-state index contributed by atoms with van der Waals surface area (Å²) in [5, 5.41) is 9.25. The Morgan fingerprint density at radius 2 is 1.90 bits per heavy atom. The quantitative estimate of drug-likeness (QED) is 0.805. The average Bonchev–Trinajstić information content (AvgIpc) is 2.65. The molecule has 7 heteroatoms. The zero-order chi connectivity index (χ0) is 15.3. The van der Waals surface area contributed by atoms with Crippen LogP contribution in [0.5, 0.6) is 0 Å². The maximum absolute atomic E-state index is 13.4. The first-order valence-corrected chi connectivity index (χ1v) is 6.60. The molecule has 0 radical (unpaired) electrons. The van der Waals surface area contributed by atoms with Crippen LogP contribution in [0.15, 0.2) is 0 Å². The van der Waals surface area contributed by atoms with Gasteiger partial charge in [-0.15, -0.1) is 0 Å². The number of carboxylic acids is 1. The number of rotatable bonds is 1. The van der Waals surface area contributed by atoms with E-state index in [1.165, 1.54) is 0 Å². The summed E-state index contributed by atoms with van der Waals surface area (Å²) in [6, 6.07) is -1.22. The molecule has 0 aromatic carbocycles. The van der Waals surface area contributed by atoms with E-state index in [1.807, 2.05) is 0 Å². The molecule has 1 saturated carbocycles. The first-order valence-electron chi connectivity index (χ1n) is 6.60. The van der Waals surface area contributed by atoms with Crippen molar-refractivity contribution in [2.75, 3.05) is 6.54 Å². The van der Waals surface area contributed by atoms with Gasteiger partial charge in [-0.2, -0.15) is 0 Å². The Morgan fingerprint density at radius 3 is 2.40 bits per heavy atom. The Hall–Kier alpha value is -1.40. The number of nitrogens with zero attached hydrogens (tertiary/aromatic N) is 1. The normalized spacial score (nSPS) is 32.0. The van der Waals surface area contributed by atoms with Gasteiger partial charge in [0.05, 0.1) is 0 Å². The first-order chi connectivity index (χ1) is 9.00. The second kappa shape index (κ2) is 4.56. The van der Waals surface area contributed by atoms with Gasteiger partial charge in [-0.05, 0) is 26.7 Å². The van der Waals surface area contributed by atoms with Crippen molar-refractivity contribution in [2.45, 2.75) is 51.2 Å².